The molecule has 0 spiro atoms. The van der Waals surface area contributed by atoms with Gasteiger partial charge in [-0.25, -0.2) is 0 Å². The minimum absolute atomic E-state index is 0.0247. The summed E-state index contributed by atoms with van der Waals surface area (Å²) in [4.78, 5) is 32.5. The highest BCUT2D eigenvalue weighted by Gasteiger charge is 2.29. The number of nitrogens with one attached hydrogen (secondary N) is 1. The summed E-state index contributed by atoms with van der Waals surface area (Å²) in [5.74, 6) is -0.257. The lowest BCUT2D eigenvalue weighted by Gasteiger charge is -2.32. The topological polar surface area (TPSA) is 62.3 Å². The van der Waals surface area contributed by atoms with E-state index in [0.717, 1.165) is 40.7 Å². The van der Waals surface area contributed by atoms with Crippen molar-refractivity contribution < 1.29 is 9.59 Å². The van der Waals surface area contributed by atoms with Crippen molar-refractivity contribution in [3.8, 4) is 0 Å². The SMILES string of the molecule is Cc1ccc2nc(C)cc(C(=O)N3CCCC(C(=O)Nc4ccccc4)C3)c2c1. The molecule has 148 valence electrons. The minimum Gasteiger partial charge on any atom is -0.338 e. The second kappa shape index (κ2) is 8.03. The van der Waals surface area contributed by atoms with Crippen molar-refractivity contribution in [1.29, 1.82) is 0 Å². The van der Waals surface area contributed by atoms with Crippen molar-refractivity contribution in [2.75, 3.05) is 18.4 Å². The fraction of sp³-hybridized carbons (Fsp3) is 0.292. The van der Waals surface area contributed by atoms with E-state index in [1.54, 1.807) is 0 Å². The molecule has 0 saturated carbocycles. The highest BCUT2D eigenvalue weighted by molar-refractivity contribution is 6.06. The number of carbonyl (C=O) groups is 2. The van der Waals surface area contributed by atoms with Gasteiger partial charge in [0.1, 0.15) is 0 Å². The first-order valence-corrected chi connectivity index (χ1v) is 10.0. The summed E-state index contributed by atoms with van der Waals surface area (Å²) in [6.07, 6.45) is 1.61. The molecule has 0 aliphatic carbocycles. The summed E-state index contributed by atoms with van der Waals surface area (Å²) in [6, 6.07) is 17.3. The average molecular weight is 387 g/mol. The van der Waals surface area contributed by atoms with Crippen molar-refractivity contribution in [1.82, 2.24) is 9.88 Å². The maximum Gasteiger partial charge on any atom is 0.254 e. The van der Waals surface area contributed by atoms with Crippen LogP contribution in [0.1, 0.15) is 34.5 Å². The molecule has 1 unspecified atom stereocenters. The number of pyridine rings is 1. The first-order chi connectivity index (χ1) is 14.0. The van der Waals surface area contributed by atoms with Gasteiger partial charge in [0, 0.05) is 29.9 Å². The molecule has 1 aromatic heterocycles. The molecule has 1 N–H and O–H groups in total. The molecule has 2 amide bonds. The third-order valence-corrected chi connectivity index (χ3v) is 5.44. The van der Waals surface area contributed by atoms with E-state index in [0.29, 0.717) is 18.7 Å². The summed E-state index contributed by atoms with van der Waals surface area (Å²) in [6.45, 7) is 5.02. The Balaban J connectivity index is 1.56. The number of nitrogens with zero attached hydrogens (tertiary/aromatic N) is 2. The van der Waals surface area contributed by atoms with Crippen LogP contribution in [0.4, 0.5) is 5.69 Å². The Labute approximate surface area is 170 Å². The zero-order valence-corrected chi connectivity index (χ0v) is 16.8. The lowest BCUT2D eigenvalue weighted by molar-refractivity contribution is -0.121. The largest absolute Gasteiger partial charge is 0.338 e. The number of para-hydroxylation sites is 1. The molecule has 2 heterocycles. The van der Waals surface area contributed by atoms with Crippen molar-refractivity contribution in [3.63, 3.8) is 0 Å². The first-order valence-electron chi connectivity index (χ1n) is 10.0. The monoisotopic (exact) mass is 387 g/mol. The average Bonchev–Trinajstić information content (AvgIpc) is 2.74. The van der Waals surface area contributed by atoms with Crippen LogP contribution in [-0.2, 0) is 4.79 Å². The molecule has 0 radical (unpaired) electrons. The standard InChI is InChI=1S/C24H25N3O2/c1-16-10-11-22-20(13-16)21(14-17(2)25-22)24(29)27-12-6-7-18(15-27)23(28)26-19-8-4-3-5-9-19/h3-5,8-11,13-14,18H,6-7,12,15H2,1-2H3,(H,26,28). The van der Waals surface area contributed by atoms with Gasteiger partial charge in [0.25, 0.3) is 5.91 Å². The van der Waals surface area contributed by atoms with Crippen LogP contribution < -0.4 is 5.32 Å². The van der Waals surface area contributed by atoms with Gasteiger partial charge >= 0.3 is 0 Å². The molecule has 1 fully saturated rings. The minimum atomic E-state index is -0.205. The molecule has 4 rings (SSSR count). The second-order valence-corrected chi connectivity index (χ2v) is 7.78. The highest BCUT2D eigenvalue weighted by Crippen LogP contribution is 2.25. The highest BCUT2D eigenvalue weighted by atomic mass is 16.2. The summed E-state index contributed by atoms with van der Waals surface area (Å²) in [5, 5.41) is 3.84. The number of anilines is 1. The van der Waals surface area contributed by atoms with Gasteiger partial charge in [0.2, 0.25) is 5.91 Å². The lowest BCUT2D eigenvalue weighted by atomic mass is 9.95. The zero-order valence-electron chi connectivity index (χ0n) is 16.8. The summed E-state index contributed by atoms with van der Waals surface area (Å²) >= 11 is 0. The lowest BCUT2D eigenvalue weighted by Crippen LogP contribution is -2.43. The van der Waals surface area contributed by atoms with Gasteiger partial charge in [0.05, 0.1) is 17.0 Å². The Kier molecular flexibility index (Phi) is 5.30. The summed E-state index contributed by atoms with van der Waals surface area (Å²) < 4.78 is 0. The number of benzene rings is 2. The van der Waals surface area contributed by atoms with E-state index in [1.807, 2.05) is 73.3 Å². The third kappa shape index (κ3) is 4.14. The fourth-order valence-corrected chi connectivity index (χ4v) is 3.96. The van der Waals surface area contributed by atoms with E-state index in [2.05, 4.69) is 10.3 Å². The molecular formula is C24H25N3O2. The van der Waals surface area contributed by atoms with Crippen LogP contribution >= 0.6 is 0 Å². The Morgan fingerprint density at radius 2 is 1.86 bits per heavy atom. The number of carbonyl (C=O) groups excluding carboxylic acids is 2. The maximum atomic E-state index is 13.4. The number of likely N-dealkylation sites (tertiary alicyclic amines) is 1. The predicted octanol–water partition coefficient (Wildman–Crippen LogP) is 4.34. The number of fused-ring (bicyclic) bond motifs is 1. The van der Waals surface area contributed by atoms with E-state index < -0.39 is 0 Å². The summed E-state index contributed by atoms with van der Waals surface area (Å²) in [7, 11) is 0. The van der Waals surface area contributed by atoms with E-state index in [4.69, 9.17) is 0 Å². The molecule has 3 aromatic rings. The van der Waals surface area contributed by atoms with Crippen LogP contribution in [0.15, 0.2) is 54.6 Å². The number of amides is 2. The Morgan fingerprint density at radius 1 is 1.07 bits per heavy atom. The van der Waals surface area contributed by atoms with Gasteiger partial charge in [-0.15, -0.1) is 0 Å². The van der Waals surface area contributed by atoms with Gasteiger partial charge in [-0.05, 0) is 57.0 Å². The van der Waals surface area contributed by atoms with Gasteiger partial charge in [-0.3, -0.25) is 14.6 Å². The number of piperidine rings is 1. The maximum absolute atomic E-state index is 13.4. The zero-order chi connectivity index (χ0) is 20.4. The molecule has 5 heteroatoms. The second-order valence-electron chi connectivity index (χ2n) is 7.78. The molecule has 1 atom stereocenters. The Morgan fingerprint density at radius 3 is 2.66 bits per heavy atom. The number of hydrogen-bond donors (Lipinski definition) is 1. The normalized spacial score (nSPS) is 16.6. The summed E-state index contributed by atoms with van der Waals surface area (Å²) in [5.41, 5.74) is 4.19. The van der Waals surface area contributed by atoms with Gasteiger partial charge in [0.15, 0.2) is 0 Å². The Bertz CT molecular complexity index is 1060. The van der Waals surface area contributed by atoms with Crippen LogP contribution in [0.25, 0.3) is 10.9 Å². The first kappa shape index (κ1) is 19.1. The van der Waals surface area contributed by atoms with E-state index >= 15 is 0 Å². The van der Waals surface area contributed by atoms with Crippen molar-refractivity contribution >= 4 is 28.4 Å². The van der Waals surface area contributed by atoms with Crippen LogP contribution in [0.2, 0.25) is 0 Å². The van der Waals surface area contributed by atoms with Crippen molar-refractivity contribution in [2.45, 2.75) is 26.7 Å². The van der Waals surface area contributed by atoms with Crippen molar-refractivity contribution in [3.05, 3.63) is 71.4 Å². The van der Waals surface area contributed by atoms with Crippen LogP contribution in [0.3, 0.4) is 0 Å². The number of rotatable bonds is 3. The number of aromatic nitrogens is 1. The quantitative estimate of drug-likeness (QED) is 0.727. The van der Waals surface area contributed by atoms with Gasteiger partial charge in [-0.1, -0.05) is 29.8 Å². The molecule has 29 heavy (non-hydrogen) atoms. The molecule has 1 aliphatic heterocycles. The molecule has 5 nitrogen and oxygen atoms in total. The molecule has 1 aliphatic rings. The smallest absolute Gasteiger partial charge is 0.254 e. The molecule has 1 saturated heterocycles. The van der Waals surface area contributed by atoms with Crippen molar-refractivity contribution in [2.24, 2.45) is 5.92 Å². The van der Waals surface area contributed by atoms with Gasteiger partial charge < -0.3 is 10.2 Å². The third-order valence-electron chi connectivity index (χ3n) is 5.44. The van der Waals surface area contributed by atoms with Crippen LogP contribution in [-0.4, -0.2) is 34.8 Å². The molecule has 0 bridgehead atoms. The van der Waals surface area contributed by atoms with E-state index in [9.17, 15) is 9.59 Å². The van der Waals surface area contributed by atoms with Crippen LogP contribution in [0, 0.1) is 19.8 Å². The molecule has 2 aromatic carbocycles. The van der Waals surface area contributed by atoms with E-state index in [1.165, 1.54) is 0 Å². The van der Waals surface area contributed by atoms with Gasteiger partial charge in [-0.2, -0.15) is 0 Å². The number of aryl methyl sites for hydroxylation is 2. The fourth-order valence-electron chi connectivity index (χ4n) is 3.96. The van der Waals surface area contributed by atoms with Crippen LogP contribution in [0.5, 0.6) is 0 Å². The molecular weight excluding hydrogens is 362 g/mol. The Hall–Kier alpha value is -3.21. The predicted molar refractivity (Wildman–Crippen MR) is 115 cm³/mol. The van der Waals surface area contributed by atoms with E-state index in [-0.39, 0.29) is 17.7 Å². The number of hydrogen-bond acceptors (Lipinski definition) is 3.